The molecule has 0 saturated carbocycles. The van der Waals surface area contributed by atoms with Crippen molar-refractivity contribution in [3.05, 3.63) is 70.0 Å². The summed E-state index contributed by atoms with van der Waals surface area (Å²) in [5.74, 6) is -0.164. The number of halogens is 1. The fourth-order valence-corrected chi connectivity index (χ4v) is 2.86. The van der Waals surface area contributed by atoms with Crippen LogP contribution in [0.1, 0.15) is 40.8 Å². The van der Waals surface area contributed by atoms with Crippen LogP contribution in [0.25, 0.3) is 0 Å². The molecule has 0 aliphatic carbocycles. The Bertz CT molecular complexity index is 619. The summed E-state index contributed by atoms with van der Waals surface area (Å²) in [7, 11) is 0. The Labute approximate surface area is 127 Å². The van der Waals surface area contributed by atoms with Gasteiger partial charge in [0.1, 0.15) is 5.82 Å². The van der Waals surface area contributed by atoms with Crippen LogP contribution in [0.15, 0.2) is 36.4 Å². The largest absolute Gasteiger partial charge is 0.310 e. The van der Waals surface area contributed by atoms with Crippen molar-refractivity contribution >= 4 is 0 Å². The number of likely N-dealkylation sites (N-methyl/N-ethyl adjacent to an activating group) is 1. The van der Waals surface area contributed by atoms with Gasteiger partial charge >= 0.3 is 0 Å². The number of benzene rings is 2. The smallest absolute Gasteiger partial charge is 0.123 e. The third-order valence-electron chi connectivity index (χ3n) is 3.98. The topological polar surface area (TPSA) is 12.0 Å². The van der Waals surface area contributed by atoms with E-state index in [1.54, 1.807) is 12.1 Å². The molecule has 1 unspecified atom stereocenters. The number of hydrogen-bond acceptors (Lipinski definition) is 1. The molecule has 112 valence electrons. The van der Waals surface area contributed by atoms with Gasteiger partial charge in [-0.2, -0.15) is 0 Å². The number of rotatable bonds is 5. The number of nitrogens with one attached hydrogen (secondary N) is 1. The summed E-state index contributed by atoms with van der Waals surface area (Å²) in [6.07, 6.45) is 0.879. The molecule has 0 radical (unpaired) electrons. The molecule has 2 rings (SSSR count). The Morgan fingerprint density at radius 1 is 1.00 bits per heavy atom. The van der Waals surface area contributed by atoms with Gasteiger partial charge in [0.05, 0.1) is 0 Å². The lowest BCUT2D eigenvalue weighted by Crippen LogP contribution is -2.24. The molecule has 0 amide bonds. The van der Waals surface area contributed by atoms with Gasteiger partial charge < -0.3 is 5.32 Å². The Balaban J connectivity index is 2.30. The number of hydrogen-bond donors (Lipinski definition) is 1. The summed E-state index contributed by atoms with van der Waals surface area (Å²) in [6.45, 7) is 9.28. The molecule has 0 aromatic heterocycles. The third-order valence-corrected chi connectivity index (χ3v) is 3.98. The fraction of sp³-hybridized carbons (Fsp3) is 0.368. The van der Waals surface area contributed by atoms with E-state index in [4.69, 9.17) is 0 Å². The molecule has 0 aliphatic rings. The predicted molar refractivity (Wildman–Crippen MR) is 87.2 cm³/mol. The normalized spacial score (nSPS) is 12.4. The molecule has 0 fully saturated rings. The van der Waals surface area contributed by atoms with Crippen molar-refractivity contribution in [2.45, 2.75) is 40.2 Å². The zero-order chi connectivity index (χ0) is 15.4. The molecular weight excluding hydrogens is 261 g/mol. The first kappa shape index (κ1) is 15.7. The van der Waals surface area contributed by atoms with E-state index in [1.807, 2.05) is 13.0 Å². The molecule has 0 aliphatic heterocycles. The summed E-state index contributed by atoms with van der Waals surface area (Å²) in [6, 6.07) is 11.9. The summed E-state index contributed by atoms with van der Waals surface area (Å²) in [5.41, 5.74) is 6.13. The summed E-state index contributed by atoms with van der Waals surface area (Å²) >= 11 is 0. The van der Waals surface area contributed by atoms with Crippen LogP contribution in [0.5, 0.6) is 0 Å². The van der Waals surface area contributed by atoms with Crippen LogP contribution in [0.3, 0.4) is 0 Å². The van der Waals surface area contributed by atoms with Crippen molar-refractivity contribution in [2.75, 3.05) is 6.54 Å². The van der Waals surface area contributed by atoms with E-state index in [0.29, 0.717) is 0 Å². The van der Waals surface area contributed by atoms with Crippen LogP contribution in [-0.4, -0.2) is 6.54 Å². The van der Waals surface area contributed by atoms with E-state index >= 15 is 0 Å². The highest BCUT2D eigenvalue weighted by atomic mass is 19.1. The molecule has 1 N–H and O–H groups in total. The summed E-state index contributed by atoms with van der Waals surface area (Å²) in [5, 5.41) is 3.56. The Morgan fingerprint density at radius 3 is 2.38 bits per heavy atom. The molecule has 2 aromatic carbocycles. The molecule has 1 nitrogen and oxygen atoms in total. The van der Waals surface area contributed by atoms with Crippen molar-refractivity contribution in [3.8, 4) is 0 Å². The minimum atomic E-state index is -0.164. The van der Waals surface area contributed by atoms with Gasteiger partial charge in [0.25, 0.3) is 0 Å². The lowest BCUT2D eigenvalue weighted by Gasteiger charge is -2.22. The van der Waals surface area contributed by atoms with Crippen molar-refractivity contribution < 1.29 is 4.39 Å². The second-order valence-corrected chi connectivity index (χ2v) is 5.75. The quantitative estimate of drug-likeness (QED) is 0.843. The highest BCUT2D eigenvalue weighted by Crippen LogP contribution is 2.24. The van der Waals surface area contributed by atoms with Gasteiger partial charge in [0.2, 0.25) is 0 Å². The van der Waals surface area contributed by atoms with Gasteiger partial charge in [-0.05, 0) is 68.1 Å². The van der Waals surface area contributed by atoms with Crippen molar-refractivity contribution in [3.63, 3.8) is 0 Å². The third kappa shape index (κ3) is 3.92. The van der Waals surface area contributed by atoms with Crippen LogP contribution in [-0.2, 0) is 6.42 Å². The van der Waals surface area contributed by atoms with E-state index in [1.165, 1.54) is 22.3 Å². The Morgan fingerprint density at radius 2 is 1.76 bits per heavy atom. The molecular formula is C19H24FN. The monoisotopic (exact) mass is 285 g/mol. The van der Waals surface area contributed by atoms with Crippen LogP contribution in [0.4, 0.5) is 4.39 Å². The lowest BCUT2D eigenvalue weighted by molar-refractivity contribution is 0.545. The molecule has 0 saturated heterocycles. The minimum absolute atomic E-state index is 0.164. The van der Waals surface area contributed by atoms with Crippen LogP contribution >= 0.6 is 0 Å². The zero-order valence-corrected chi connectivity index (χ0v) is 13.3. The van der Waals surface area contributed by atoms with E-state index in [-0.39, 0.29) is 11.9 Å². The molecule has 2 heteroatoms. The van der Waals surface area contributed by atoms with Crippen LogP contribution < -0.4 is 5.32 Å². The van der Waals surface area contributed by atoms with Gasteiger partial charge in [-0.25, -0.2) is 4.39 Å². The van der Waals surface area contributed by atoms with Gasteiger partial charge in [-0.3, -0.25) is 0 Å². The van der Waals surface area contributed by atoms with Crippen molar-refractivity contribution in [1.29, 1.82) is 0 Å². The summed E-state index contributed by atoms with van der Waals surface area (Å²) < 4.78 is 13.2. The maximum absolute atomic E-state index is 13.2. The predicted octanol–water partition coefficient (Wildman–Crippen LogP) is 4.64. The highest BCUT2D eigenvalue weighted by molar-refractivity contribution is 5.35. The van der Waals surface area contributed by atoms with Gasteiger partial charge in [-0.1, -0.05) is 36.8 Å². The maximum atomic E-state index is 13.2. The summed E-state index contributed by atoms with van der Waals surface area (Å²) in [4.78, 5) is 0. The Kier molecular flexibility index (Phi) is 5.13. The van der Waals surface area contributed by atoms with Gasteiger partial charge in [0, 0.05) is 6.04 Å². The fourth-order valence-electron chi connectivity index (χ4n) is 2.86. The molecule has 2 aromatic rings. The van der Waals surface area contributed by atoms with Crippen LogP contribution in [0, 0.1) is 26.6 Å². The average molecular weight is 285 g/mol. The molecule has 0 spiro atoms. The highest BCUT2D eigenvalue weighted by Gasteiger charge is 2.15. The first-order valence-electron chi connectivity index (χ1n) is 7.56. The minimum Gasteiger partial charge on any atom is -0.310 e. The van der Waals surface area contributed by atoms with Gasteiger partial charge in [-0.15, -0.1) is 0 Å². The van der Waals surface area contributed by atoms with Gasteiger partial charge in [0.15, 0.2) is 0 Å². The van der Waals surface area contributed by atoms with E-state index in [0.717, 1.165) is 18.5 Å². The zero-order valence-electron chi connectivity index (χ0n) is 13.3. The molecule has 0 heterocycles. The first-order chi connectivity index (χ1) is 10.0. The van der Waals surface area contributed by atoms with Crippen molar-refractivity contribution in [2.24, 2.45) is 0 Å². The molecule has 1 atom stereocenters. The SMILES string of the molecule is CCNC(Cc1ccc(F)cc1C)c1ccc(C)cc1C. The molecule has 0 bridgehead atoms. The van der Waals surface area contributed by atoms with E-state index in [9.17, 15) is 4.39 Å². The average Bonchev–Trinajstić information content (AvgIpc) is 2.41. The van der Waals surface area contributed by atoms with Crippen molar-refractivity contribution in [1.82, 2.24) is 5.32 Å². The maximum Gasteiger partial charge on any atom is 0.123 e. The molecule has 21 heavy (non-hydrogen) atoms. The first-order valence-corrected chi connectivity index (χ1v) is 7.56. The lowest BCUT2D eigenvalue weighted by atomic mass is 9.92. The second-order valence-electron chi connectivity index (χ2n) is 5.75. The Hall–Kier alpha value is -1.67. The van der Waals surface area contributed by atoms with E-state index in [2.05, 4.69) is 44.3 Å². The standard InChI is InChI=1S/C19H24FN/c1-5-21-19(18-9-6-13(2)10-15(18)4)12-16-7-8-17(20)11-14(16)3/h6-11,19,21H,5,12H2,1-4H3. The second kappa shape index (κ2) is 6.86. The number of aryl methyl sites for hydroxylation is 3. The van der Waals surface area contributed by atoms with E-state index < -0.39 is 0 Å². The van der Waals surface area contributed by atoms with Crippen LogP contribution in [0.2, 0.25) is 0 Å².